The van der Waals surface area contributed by atoms with Crippen molar-refractivity contribution < 1.29 is 9.90 Å². The lowest BCUT2D eigenvalue weighted by molar-refractivity contribution is 0.0914. The topological polar surface area (TPSA) is 62.2 Å². The second kappa shape index (κ2) is 5.82. The van der Waals surface area contributed by atoms with E-state index in [-0.39, 0.29) is 18.6 Å². The maximum absolute atomic E-state index is 11.8. The van der Waals surface area contributed by atoms with E-state index >= 15 is 0 Å². The summed E-state index contributed by atoms with van der Waals surface area (Å²) in [4.78, 5) is 15.7. The van der Waals surface area contributed by atoms with Crippen molar-refractivity contribution in [3.05, 3.63) is 28.5 Å². The number of hydrogen-bond donors (Lipinski definition) is 2. The molecule has 88 valence electrons. The summed E-state index contributed by atoms with van der Waals surface area (Å²) in [5, 5.41) is 12.0. The summed E-state index contributed by atoms with van der Waals surface area (Å²) in [5.41, 5.74) is 1.15. The van der Waals surface area contributed by atoms with Gasteiger partial charge in [0.05, 0.1) is 12.6 Å². The van der Waals surface area contributed by atoms with Crippen LogP contribution in [0.3, 0.4) is 0 Å². The van der Waals surface area contributed by atoms with Gasteiger partial charge >= 0.3 is 0 Å². The van der Waals surface area contributed by atoms with Gasteiger partial charge < -0.3 is 10.4 Å². The summed E-state index contributed by atoms with van der Waals surface area (Å²) in [6.07, 6.45) is 0.681. The summed E-state index contributed by atoms with van der Waals surface area (Å²) in [5.74, 6) is -0.242. The van der Waals surface area contributed by atoms with Gasteiger partial charge in [0, 0.05) is 11.3 Å². The van der Waals surface area contributed by atoms with E-state index in [1.807, 2.05) is 6.92 Å². The number of nitrogens with zero attached hydrogens (tertiary/aromatic N) is 1. The van der Waals surface area contributed by atoms with Crippen molar-refractivity contribution in [3.63, 3.8) is 0 Å². The zero-order valence-electron chi connectivity index (χ0n) is 9.33. The average molecular weight is 243 g/mol. The third-order valence-corrected chi connectivity index (χ3v) is 2.43. The minimum Gasteiger partial charge on any atom is -0.394 e. The van der Waals surface area contributed by atoms with Crippen LogP contribution in [-0.4, -0.2) is 28.6 Å². The molecule has 0 radical (unpaired) electrons. The lowest BCUT2D eigenvalue weighted by Crippen LogP contribution is -2.36. The molecule has 16 heavy (non-hydrogen) atoms. The van der Waals surface area contributed by atoms with Crippen molar-refractivity contribution in [3.8, 4) is 0 Å². The Morgan fingerprint density at radius 1 is 1.62 bits per heavy atom. The molecule has 0 aliphatic heterocycles. The lowest BCUT2D eigenvalue weighted by Gasteiger charge is -2.14. The first-order chi connectivity index (χ1) is 7.56. The van der Waals surface area contributed by atoms with Crippen molar-refractivity contribution in [2.45, 2.75) is 26.3 Å². The van der Waals surface area contributed by atoms with Gasteiger partial charge in [0.2, 0.25) is 0 Å². The molecular formula is C11H15ClN2O2. The van der Waals surface area contributed by atoms with Crippen molar-refractivity contribution in [1.82, 2.24) is 10.3 Å². The van der Waals surface area contributed by atoms with Crippen LogP contribution >= 0.6 is 11.6 Å². The van der Waals surface area contributed by atoms with Gasteiger partial charge in [0.25, 0.3) is 5.91 Å². The van der Waals surface area contributed by atoms with Crippen molar-refractivity contribution in [2.24, 2.45) is 0 Å². The molecule has 1 atom stereocenters. The van der Waals surface area contributed by atoms with Crippen molar-refractivity contribution in [2.75, 3.05) is 6.61 Å². The van der Waals surface area contributed by atoms with Gasteiger partial charge in [-0.05, 0) is 25.5 Å². The predicted molar refractivity (Wildman–Crippen MR) is 62.6 cm³/mol. The van der Waals surface area contributed by atoms with E-state index < -0.39 is 0 Å². The molecule has 0 unspecified atom stereocenters. The van der Waals surface area contributed by atoms with Crippen LogP contribution in [0.15, 0.2) is 12.1 Å². The zero-order chi connectivity index (χ0) is 12.1. The summed E-state index contributed by atoms with van der Waals surface area (Å²) in [7, 11) is 0. The van der Waals surface area contributed by atoms with Gasteiger partial charge in [-0.3, -0.25) is 4.79 Å². The highest BCUT2D eigenvalue weighted by Crippen LogP contribution is 2.10. The summed E-state index contributed by atoms with van der Waals surface area (Å²) < 4.78 is 0. The Hall–Kier alpha value is -1.13. The third kappa shape index (κ3) is 3.47. The predicted octanol–water partition coefficient (Wildman–Crippen LogP) is 1.54. The summed E-state index contributed by atoms with van der Waals surface area (Å²) >= 11 is 5.76. The lowest BCUT2D eigenvalue weighted by atomic mass is 10.2. The number of carbonyl (C=O) groups is 1. The molecule has 5 heteroatoms. The zero-order valence-corrected chi connectivity index (χ0v) is 10.1. The van der Waals surface area contributed by atoms with Crippen LogP contribution < -0.4 is 5.32 Å². The Labute approximate surface area is 99.6 Å². The Bertz CT molecular complexity index is 358. The normalized spacial score (nSPS) is 12.2. The van der Waals surface area contributed by atoms with Crippen molar-refractivity contribution in [1.29, 1.82) is 0 Å². The number of carbonyl (C=O) groups excluding carboxylic acids is 1. The molecule has 0 saturated heterocycles. The maximum atomic E-state index is 11.8. The molecular weight excluding hydrogens is 228 g/mol. The minimum absolute atomic E-state index is 0.0694. The monoisotopic (exact) mass is 242 g/mol. The molecule has 1 heterocycles. The standard InChI is InChI=1S/C11H15ClN2O2/c1-3-9(6-15)14-11(16)8-4-7(2)13-10(12)5-8/h4-5,9,15H,3,6H2,1-2H3,(H,14,16)/t9-/m1/s1. The average Bonchev–Trinajstić information content (AvgIpc) is 2.24. The van der Waals surface area contributed by atoms with E-state index in [0.717, 1.165) is 0 Å². The number of hydrogen-bond acceptors (Lipinski definition) is 3. The van der Waals surface area contributed by atoms with Crippen LogP contribution in [0.4, 0.5) is 0 Å². The molecule has 0 fully saturated rings. The third-order valence-electron chi connectivity index (χ3n) is 2.23. The van der Waals surface area contributed by atoms with E-state index in [0.29, 0.717) is 22.8 Å². The minimum atomic E-state index is -0.242. The number of aliphatic hydroxyl groups is 1. The van der Waals surface area contributed by atoms with Crippen LogP contribution in [0, 0.1) is 6.92 Å². The maximum Gasteiger partial charge on any atom is 0.251 e. The quantitative estimate of drug-likeness (QED) is 0.788. The van der Waals surface area contributed by atoms with Crippen LogP contribution in [0.5, 0.6) is 0 Å². The summed E-state index contributed by atoms with van der Waals surface area (Å²) in [6.45, 7) is 3.60. The van der Waals surface area contributed by atoms with Crippen LogP contribution in [0.25, 0.3) is 0 Å². The number of rotatable bonds is 4. The first kappa shape index (κ1) is 12.9. The molecule has 2 N–H and O–H groups in total. The molecule has 1 rings (SSSR count). The van der Waals surface area contributed by atoms with Gasteiger partial charge in [0.1, 0.15) is 5.15 Å². The van der Waals surface area contributed by atoms with Gasteiger partial charge in [-0.25, -0.2) is 4.98 Å². The molecule has 0 saturated carbocycles. The molecule has 1 aromatic rings. The second-order valence-corrected chi connectivity index (χ2v) is 3.97. The summed E-state index contributed by atoms with van der Waals surface area (Å²) in [6, 6.07) is 2.94. The smallest absolute Gasteiger partial charge is 0.251 e. The molecule has 0 aliphatic carbocycles. The number of pyridine rings is 1. The number of aromatic nitrogens is 1. The number of aliphatic hydroxyl groups excluding tert-OH is 1. The first-order valence-corrected chi connectivity index (χ1v) is 5.50. The van der Waals surface area contributed by atoms with Gasteiger partial charge in [-0.15, -0.1) is 0 Å². The van der Waals surface area contributed by atoms with Gasteiger partial charge in [-0.1, -0.05) is 18.5 Å². The second-order valence-electron chi connectivity index (χ2n) is 3.58. The molecule has 0 bridgehead atoms. The van der Waals surface area contributed by atoms with E-state index in [9.17, 15) is 4.79 Å². The highest BCUT2D eigenvalue weighted by Gasteiger charge is 2.12. The van der Waals surface area contributed by atoms with Crippen LogP contribution in [-0.2, 0) is 0 Å². The molecule has 1 aromatic heterocycles. The van der Waals surface area contributed by atoms with E-state index in [1.54, 1.807) is 13.0 Å². The Balaban J connectivity index is 2.80. The van der Waals surface area contributed by atoms with Crippen LogP contribution in [0.1, 0.15) is 29.4 Å². The Morgan fingerprint density at radius 2 is 2.31 bits per heavy atom. The fraction of sp³-hybridized carbons (Fsp3) is 0.455. The fourth-order valence-corrected chi connectivity index (χ4v) is 1.56. The van der Waals surface area contributed by atoms with Crippen LogP contribution in [0.2, 0.25) is 5.15 Å². The van der Waals surface area contributed by atoms with Gasteiger partial charge in [0.15, 0.2) is 0 Å². The van der Waals surface area contributed by atoms with E-state index in [4.69, 9.17) is 16.7 Å². The molecule has 0 spiro atoms. The molecule has 0 aromatic carbocycles. The Morgan fingerprint density at radius 3 is 2.81 bits per heavy atom. The van der Waals surface area contributed by atoms with Crippen molar-refractivity contribution >= 4 is 17.5 Å². The molecule has 0 aliphatic rings. The van der Waals surface area contributed by atoms with Gasteiger partial charge in [-0.2, -0.15) is 0 Å². The number of halogens is 1. The number of nitrogens with one attached hydrogen (secondary N) is 1. The molecule has 1 amide bonds. The van der Waals surface area contributed by atoms with E-state index in [2.05, 4.69) is 10.3 Å². The molecule has 4 nitrogen and oxygen atoms in total. The van der Waals surface area contributed by atoms with E-state index in [1.165, 1.54) is 6.07 Å². The highest BCUT2D eigenvalue weighted by atomic mass is 35.5. The number of amides is 1. The number of aryl methyl sites for hydroxylation is 1. The highest BCUT2D eigenvalue weighted by molar-refractivity contribution is 6.29. The Kier molecular flexibility index (Phi) is 4.71. The first-order valence-electron chi connectivity index (χ1n) is 5.12. The SMILES string of the molecule is CC[C@H](CO)NC(=O)c1cc(C)nc(Cl)c1. The largest absolute Gasteiger partial charge is 0.394 e. The fourth-order valence-electron chi connectivity index (χ4n) is 1.30.